The summed E-state index contributed by atoms with van der Waals surface area (Å²) in [6.07, 6.45) is -4.55. The van der Waals surface area contributed by atoms with Gasteiger partial charge in [0.1, 0.15) is 28.7 Å². The van der Waals surface area contributed by atoms with Gasteiger partial charge in [-0.25, -0.2) is 13.8 Å². The molecule has 26 heavy (non-hydrogen) atoms. The molecule has 9 heteroatoms. The maximum absolute atomic E-state index is 13.7. The Labute approximate surface area is 145 Å². The molecule has 4 nitrogen and oxygen atoms in total. The molecular formula is C17H14F5N3O. The Balaban J connectivity index is 1.71. The molecule has 0 N–H and O–H groups in total. The van der Waals surface area contributed by atoms with Crippen molar-refractivity contribution in [3.05, 3.63) is 59.3 Å². The summed E-state index contributed by atoms with van der Waals surface area (Å²) in [7, 11) is 0. The predicted molar refractivity (Wildman–Crippen MR) is 83.7 cm³/mol. The summed E-state index contributed by atoms with van der Waals surface area (Å²) in [6.45, 7) is 0.640. The summed E-state index contributed by atoms with van der Waals surface area (Å²) in [4.78, 5) is 18.8. The van der Waals surface area contributed by atoms with Crippen molar-refractivity contribution in [3.8, 4) is 0 Å². The predicted octanol–water partition coefficient (Wildman–Crippen LogP) is 3.34. The van der Waals surface area contributed by atoms with Crippen molar-refractivity contribution in [3.63, 3.8) is 0 Å². The summed E-state index contributed by atoms with van der Waals surface area (Å²) in [6, 6.07) is 6.75. The Bertz CT molecular complexity index is 796. The summed E-state index contributed by atoms with van der Waals surface area (Å²) in [5.41, 5.74) is -1.62. The van der Waals surface area contributed by atoms with Crippen molar-refractivity contribution in [2.45, 2.75) is 6.18 Å². The fourth-order valence-corrected chi connectivity index (χ4v) is 2.76. The average molecular weight is 371 g/mol. The molecule has 0 atom stereocenters. The van der Waals surface area contributed by atoms with Crippen LogP contribution in [0.25, 0.3) is 0 Å². The van der Waals surface area contributed by atoms with Gasteiger partial charge >= 0.3 is 6.18 Å². The molecule has 0 unspecified atom stereocenters. The molecule has 2 aromatic rings. The minimum atomic E-state index is -4.55. The fourth-order valence-electron chi connectivity index (χ4n) is 2.76. The number of piperazine rings is 1. The molecule has 1 amide bonds. The van der Waals surface area contributed by atoms with Gasteiger partial charge in [-0.05, 0) is 24.3 Å². The average Bonchev–Trinajstić information content (AvgIpc) is 2.61. The van der Waals surface area contributed by atoms with Gasteiger partial charge in [0, 0.05) is 26.2 Å². The number of amides is 1. The fraction of sp³-hybridized carbons (Fsp3) is 0.294. The number of aromatic nitrogens is 1. The number of benzene rings is 1. The van der Waals surface area contributed by atoms with Crippen LogP contribution in [0.2, 0.25) is 0 Å². The molecule has 1 saturated heterocycles. The van der Waals surface area contributed by atoms with Gasteiger partial charge in [0.15, 0.2) is 0 Å². The number of halogens is 5. The summed E-state index contributed by atoms with van der Waals surface area (Å²) in [5, 5.41) is 0. The first-order valence-electron chi connectivity index (χ1n) is 7.80. The Morgan fingerprint density at radius 1 is 0.923 bits per heavy atom. The van der Waals surface area contributed by atoms with Crippen molar-refractivity contribution in [2.75, 3.05) is 31.1 Å². The van der Waals surface area contributed by atoms with Crippen molar-refractivity contribution in [1.29, 1.82) is 0 Å². The van der Waals surface area contributed by atoms with E-state index in [4.69, 9.17) is 0 Å². The monoisotopic (exact) mass is 371 g/mol. The minimum absolute atomic E-state index is 0.116. The van der Waals surface area contributed by atoms with Crippen LogP contribution in [0.15, 0.2) is 36.4 Å². The van der Waals surface area contributed by atoms with E-state index in [2.05, 4.69) is 4.98 Å². The van der Waals surface area contributed by atoms with Gasteiger partial charge in [-0.3, -0.25) is 4.79 Å². The second-order valence-corrected chi connectivity index (χ2v) is 5.75. The van der Waals surface area contributed by atoms with Crippen LogP contribution < -0.4 is 4.90 Å². The molecule has 2 heterocycles. The number of carbonyl (C=O) groups is 1. The Kier molecular flexibility index (Phi) is 4.80. The van der Waals surface area contributed by atoms with E-state index in [-0.39, 0.29) is 32.0 Å². The van der Waals surface area contributed by atoms with Crippen LogP contribution in [0.5, 0.6) is 0 Å². The highest BCUT2D eigenvalue weighted by Gasteiger charge is 2.33. The smallest absolute Gasteiger partial charge is 0.353 e. The van der Waals surface area contributed by atoms with Gasteiger partial charge in [0.25, 0.3) is 5.91 Å². The van der Waals surface area contributed by atoms with Crippen LogP contribution in [0.4, 0.5) is 27.8 Å². The Morgan fingerprint density at radius 3 is 2.08 bits per heavy atom. The molecule has 1 aromatic carbocycles. The number of pyridine rings is 1. The highest BCUT2D eigenvalue weighted by molar-refractivity contribution is 5.95. The Morgan fingerprint density at radius 2 is 1.50 bits per heavy atom. The van der Waals surface area contributed by atoms with E-state index in [1.165, 1.54) is 23.1 Å². The lowest BCUT2D eigenvalue weighted by Gasteiger charge is -2.35. The van der Waals surface area contributed by atoms with Gasteiger partial charge in [0.2, 0.25) is 0 Å². The third-order valence-corrected chi connectivity index (χ3v) is 4.09. The zero-order chi connectivity index (χ0) is 18.9. The maximum atomic E-state index is 13.7. The highest BCUT2D eigenvalue weighted by atomic mass is 19.4. The molecule has 1 aliphatic heterocycles. The molecule has 0 saturated carbocycles. The van der Waals surface area contributed by atoms with Crippen LogP contribution in [0.3, 0.4) is 0 Å². The van der Waals surface area contributed by atoms with Crippen molar-refractivity contribution in [1.82, 2.24) is 9.88 Å². The highest BCUT2D eigenvalue weighted by Crippen LogP contribution is 2.29. The molecular weight excluding hydrogens is 357 g/mol. The maximum Gasteiger partial charge on any atom is 0.433 e. The number of carbonyl (C=O) groups excluding carboxylic acids is 1. The van der Waals surface area contributed by atoms with Gasteiger partial charge in [-0.2, -0.15) is 13.2 Å². The largest absolute Gasteiger partial charge is 0.433 e. The van der Waals surface area contributed by atoms with Crippen LogP contribution in [-0.4, -0.2) is 42.0 Å². The SMILES string of the molecule is O=C(c1c(F)cccc1F)N1CCN(c2cccc(C(F)(F)F)n2)CC1. The summed E-state index contributed by atoms with van der Waals surface area (Å²) in [5.74, 6) is -2.53. The topological polar surface area (TPSA) is 36.4 Å². The van der Waals surface area contributed by atoms with Crippen LogP contribution in [0, 0.1) is 11.6 Å². The molecule has 0 aliphatic carbocycles. The van der Waals surface area contributed by atoms with Crippen molar-refractivity contribution in [2.24, 2.45) is 0 Å². The third kappa shape index (κ3) is 3.61. The molecule has 0 radical (unpaired) electrons. The number of hydrogen-bond acceptors (Lipinski definition) is 3. The molecule has 0 spiro atoms. The molecule has 1 aromatic heterocycles. The van der Waals surface area contributed by atoms with Crippen LogP contribution in [0.1, 0.15) is 16.1 Å². The standard InChI is InChI=1S/C17H14F5N3O/c18-11-3-1-4-12(19)15(11)16(26)25-9-7-24(8-10-25)14-6-2-5-13(23-14)17(20,21)22/h1-6H,7-10H2. The van der Waals surface area contributed by atoms with Crippen molar-refractivity contribution < 1.29 is 26.7 Å². The molecule has 3 rings (SSSR count). The first kappa shape index (κ1) is 18.1. The number of alkyl halides is 3. The van der Waals surface area contributed by atoms with E-state index >= 15 is 0 Å². The number of rotatable bonds is 2. The van der Waals surface area contributed by atoms with Crippen LogP contribution >= 0.6 is 0 Å². The molecule has 138 valence electrons. The third-order valence-electron chi connectivity index (χ3n) is 4.09. The van der Waals surface area contributed by atoms with Gasteiger partial charge < -0.3 is 9.80 Å². The lowest BCUT2D eigenvalue weighted by molar-refractivity contribution is -0.141. The van der Waals surface area contributed by atoms with E-state index in [0.29, 0.717) is 0 Å². The zero-order valence-corrected chi connectivity index (χ0v) is 13.4. The minimum Gasteiger partial charge on any atom is -0.353 e. The molecule has 0 bridgehead atoms. The van der Waals surface area contributed by atoms with Gasteiger partial charge in [-0.1, -0.05) is 12.1 Å². The van der Waals surface area contributed by atoms with E-state index in [9.17, 15) is 26.7 Å². The lowest BCUT2D eigenvalue weighted by Crippen LogP contribution is -2.49. The van der Waals surface area contributed by atoms with E-state index in [1.54, 1.807) is 4.90 Å². The Hall–Kier alpha value is -2.71. The summed E-state index contributed by atoms with van der Waals surface area (Å²) < 4.78 is 65.8. The molecule has 1 fully saturated rings. The number of anilines is 1. The first-order valence-corrected chi connectivity index (χ1v) is 7.80. The normalized spacial score (nSPS) is 15.3. The summed E-state index contributed by atoms with van der Waals surface area (Å²) >= 11 is 0. The van der Waals surface area contributed by atoms with Gasteiger partial charge in [-0.15, -0.1) is 0 Å². The number of nitrogens with zero attached hydrogens (tertiary/aromatic N) is 3. The zero-order valence-electron chi connectivity index (χ0n) is 13.4. The van der Waals surface area contributed by atoms with E-state index in [0.717, 1.165) is 18.2 Å². The second kappa shape index (κ2) is 6.89. The van der Waals surface area contributed by atoms with E-state index < -0.39 is 35.0 Å². The van der Waals surface area contributed by atoms with Gasteiger partial charge in [0.05, 0.1) is 0 Å². The number of hydrogen-bond donors (Lipinski definition) is 0. The van der Waals surface area contributed by atoms with Crippen LogP contribution in [-0.2, 0) is 6.18 Å². The molecule has 1 aliphatic rings. The second-order valence-electron chi connectivity index (χ2n) is 5.75. The van der Waals surface area contributed by atoms with E-state index in [1.807, 2.05) is 0 Å². The van der Waals surface area contributed by atoms with Crippen molar-refractivity contribution >= 4 is 11.7 Å². The lowest BCUT2D eigenvalue weighted by atomic mass is 10.1. The first-order chi connectivity index (χ1) is 12.3. The quantitative estimate of drug-likeness (QED) is 0.760.